The molecule has 0 bridgehead atoms. The van der Waals surface area contributed by atoms with E-state index in [-0.39, 0.29) is 17.9 Å². The van der Waals surface area contributed by atoms with E-state index >= 15 is 0 Å². The van der Waals surface area contributed by atoms with Gasteiger partial charge in [0.15, 0.2) is 0 Å². The van der Waals surface area contributed by atoms with Gasteiger partial charge in [-0.3, -0.25) is 9.59 Å². The van der Waals surface area contributed by atoms with E-state index < -0.39 is 0 Å². The van der Waals surface area contributed by atoms with Gasteiger partial charge in [-0.15, -0.1) is 0 Å². The van der Waals surface area contributed by atoms with Crippen molar-refractivity contribution < 1.29 is 9.59 Å². The molecule has 0 aliphatic carbocycles. The summed E-state index contributed by atoms with van der Waals surface area (Å²) in [6.45, 7) is 8.28. The zero-order valence-corrected chi connectivity index (χ0v) is 15.8. The lowest BCUT2D eigenvalue weighted by Gasteiger charge is -2.28. The zero-order chi connectivity index (χ0) is 18.5. The van der Waals surface area contributed by atoms with Crippen LogP contribution in [0.3, 0.4) is 0 Å². The van der Waals surface area contributed by atoms with E-state index in [1.165, 1.54) is 25.9 Å². The number of benzene rings is 1. The lowest BCUT2D eigenvalue weighted by atomic mass is 10.00. The van der Waals surface area contributed by atoms with Gasteiger partial charge in [-0.05, 0) is 69.4 Å². The first-order valence-electron chi connectivity index (χ1n) is 9.75. The zero-order valence-electron chi connectivity index (χ0n) is 15.8. The summed E-state index contributed by atoms with van der Waals surface area (Å²) in [6, 6.07) is 5.22. The lowest BCUT2D eigenvalue weighted by Crippen LogP contribution is -2.39. The van der Waals surface area contributed by atoms with Gasteiger partial charge >= 0.3 is 0 Å². The SMILES string of the molecule is CC(C)CC1Nc2ccc(C(=O)NCCCN3CCCC3)cc2NC1=O. The average Bonchev–Trinajstić information content (AvgIpc) is 3.12. The van der Waals surface area contributed by atoms with Crippen molar-refractivity contribution >= 4 is 23.2 Å². The first-order valence-corrected chi connectivity index (χ1v) is 9.75. The van der Waals surface area contributed by atoms with Crippen molar-refractivity contribution in [1.82, 2.24) is 10.2 Å². The minimum Gasteiger partial charge on any atom is -0.372 e. The summed E-state index contributed by atoms with van der Waals surface area (Å²) < 4.78 is 0. The summed E-state index contributed by atoms with van der Waals surface area (Å²) in [4.78, 5) is 27.0. The molecule has 2 aliphatic rings. The Kier molecular flexibility index (Phi) is 6.14. The van der Waals surface area contributed by atoms with Gasteiger partial charge in [-0.1, -0.05) is 13.8 Å². The van der Waals surface area contributed by atoms with E-state index in [0.29, 0.717) is 23.7 Å². The fourth-order valence-corrected chi connectivity index (χ4v) is 3.64. The first kappa shape index (κ1) is 18.7. The molecule has 1 atom stereocenters. The monoisotopic (exact) mass is 358 g/mol. The van der Waals surface area contributed by atoms with Crippen LogP contribution in [0, 0.1) is 5.92 Å². The second-order valence-corrected chi connectivity index (χ2v) is 7.73. The van der Waals surface area contributed by atoms with Crippen LogP contribution in [0.2, 0.25) is 0 Å². The van der Waals surface area contributed by atoms with Crippen molar-refractivity contribution in [2.24, 2.45) is 5.92 Å². The van der Waals surface area contributed by atoms with Crippen LogP contribution < -0.4 is 16.0 Å². The highest BCUT2D eigenvalue weighted by molar-refractivity contribution is 6.05. The Hall–Kier alpha value is -2.08. The molecule has 1 saturated heterocycles. The van der Waals surface area contributed by atoms with Gasteiger partial charge in [0, 0.05) is 12.1 Å². The predicted octanol–water partition coefficient (Wildman–Crippen LogP) is 2.68. The molecule has 6 heteroatoms. The lowest BCUT2D eigenvalue weighted by molar-refractivity contribution is -0.117. The van der Waals surface area contributed by atoms with Crippen LogP contribution in [0.25, 0.3) is 0 Å². The first-order chi connectivity index (χ1) is 12.5. The molecule has 142 valence electrons. The van der Waals surface area contributed by atoms with Crippen LogP contribution in [0.1, 0.15) is 49.9 Å². The number of nitrogens with zero attached hydrogens (tertiary/aromatic N) is 1. The molecule has 1 aromatic carbocycles. The Labute approximate surface area is 155 Å². The van der Waals surface area contributed by atoms with Crippen LogP contribution >= 0.6 is 0 Å². The van der Waals surface area contributed by atoms with Crippen LogP contribution in [0.5, 0.6) is 0 Å². The maximum absolute atomic E-state index is 12.4. The van der Waals surface area contributed by atoms with Crippen molar-refractivity contribution in [2.75, 3.05) is 36.8 Å². The fourth-order valence-electron chi connectivity index (χ4n) is 3.64. The molecule has 26 heavy (non-hydrogen) atoms. The molecule has 0 radical (unpaired) electrons. The number of carbonyl (C=O) groups is 2. The van der Waals surface area contributed by atoms with Crippen LogP contribution in [-0.2, 0) is 4.79 Å². The van der Waals surface area contributed by atoms with Gasteiger partial charge in [-0.25, -0.2) is 0 Å². The molecule has 2 amide bonds. The molecule has 0 spiro atoms. The summed E-state index contributed by atoms with van der Waals surface area (Å²) in [5, 5.41) is 9.18. The largest absolute Gasteiger partial charge is 0.372 e. The molecule has 0 aromatic heterocycles. The summed E-state index contributed by atoms with van der Waals surface area (Å²) in [7, 11) is 0. The quantitative estimate of drug-likeness (QED) is 0.655. The number of fused-ring (bicyclic) bond motifs is 1. The second kappa shape index (κ2) is 8.54. The molecule has 2 aliphatic heterocycles. The van der Waals surface area contributed by atoms with Gasteiger partial charge in [0.1, 0.15) is 6.04 Å². The van der Waals surface area contributed by atoms with Crippen molar-refractivity contribution in [3.05, 3.63) is 23.8 Å². The van der Waals surface area contributed by atoms with Crippen molar-refractivity contribution in [1.29, 1.82) is 0 Å². The summed E-state index contributed by atoms with van der Waals surface area (Å²) in [6.07, 6.45) is 4.33. The molecule has 6 nitrogen and oxygen atoms in total. The van der Waals surface area contributed by atoms with E-state index in [1.807, 2.05) is 12.1 Å². The number of rotatable bonds is 7. The van der Waals surface area contributed by atoms with E-state index in [9.17, 15) is 9.59 Å². The van der Waals surface area contributed by atoms with Crippen molar-refractivity contribution in [3.8, 4) is 0 Å². The maximum Gasteiger partial charge on any atom is 0.251 e. The van der Waals surface area contributed by atoms with Crippen LogP contribution in [0.15, 0.2) is 18.2 Å². The smallest absolute Gasteiger partial charge is 0.251 e. The standard InChI is InChI=1S/C20H30N4O2/c1-14(2)12-18-20(26)23-17-13-15(6-7-16(17)22-18)19(25)21-8-5-11-24-9-3-4-10-24/h6-7,13-14,18,22H,3-5,8-12H2,1-2H3,(H,21,25)(H,23,26). The Morgan fingerprint density at radius 1 is 1.27 bits per heavy atom. The van der Waals surface area contributed by atoms with E-state index in [4.69, 9.17) is 0 Å². The Bertz CT molecular complexity index is 653. The van der Waals surface area contributed by atoms with E-state index in [2.05, 4.69) is 34.7 Å². The number of likely N-dealkylation sites (tertiary alicyclic amines) is 1. The van der Waals surface area contributed by atoms with E-state index in [1.54, 1.807) is 6.07 Å². The summed E-state index contributed by atoms with van der Waals surface area (Å²) in [5.74, 6) is 0.313. The maximum atomic E-state index is 12.4. The number of hydrogen-bond acceptors (Lipinski definition) is 4. The minimum absolute atomic E-state index is 0.0330. The predicted molar refractivity (Wildman–Crippen MR) is 105 cm³/mol. The molecule has 1 fully saturated rings. The van der Waals surface area contributed by atoms with Gasteiger partial charge < -0.3 is 20.9 Å². The highest BCUT2D eigenvalue weighted by atomic mass is 16.2. The van der Waals surface area contributed by atoms with Crippen molar-refractivity contribution in [3.63, 3.8) is 0 Å². The molecule has 1 unspecified atom stereocenters. The Balaban J connectivity index is 1.52. The number of nitrogens with one attached hydrogen (secondary N) is 3. The molecule has 3 rings (SSSR count). The number of carbonyl (C=O) groups excluding carboxylic acids is 2. The van der Waals surface area contributed by atoms with Crippen LogP contribution in [-0.4, -0.2) is 48.9 Å². The molecule has 3 N–H and O–H groups in total. The van der Waals surface area contributed by atoms with E-state index in [0.717, 1.165) is 25.1 Å². The Morgan fingerprint density at radius 2 is 2.04 bits per heavy atom. The summed E-state index contributed by atoms with van der Waals surface area (Å²) >= 11 is 0. The third-order valence-electron chi connectivity index (χ3n) is 5.03. The number of anilines is 2. The number of amides is 2. The molecule has 1 aromatic rings. The average molecular weight is 358 g/mol. The molecule has 2 heterocycles. The van der Waals surface area contributed by atoms with Gasteiger partial charge in [-0.2, -0.15) is 0 Å². The van der Waals surface area contributed by atoms with Gasteiger partial charge in [0.2, 0.25) is 5.91 Å². The highest BCUT2D eigenvalue weighted by Gasteiger charge is 2.26. The van der Waals surface area contributed by atoms with Crippen LogP contribution in [0.4, 0.5) is 11.4 Å². The van der Waals surface area contributed by atoms with Gasteiger partial charge in [0.25, 0.3) is 5.91 Å². The number of hydrogen-bond donors (Lipinski definition) is 3. The molecule has 0 saturated carbocycles. The van der Waals surface area contributed by atoms with Gasteiger partial charge in [0.05, 0.1) is 11.4 Å². The third kappa shape index (κ3) is 4.75. The fraction of sp³-hybridized carbons (Fsp3) is 0.600. The normalized spacial score (nSPS) is 19.8. The summed E-state index contributed by atoms with van der Waals surface area (Å²) in [5.41, 5.74) is 2.13. The topological polar surface area (TPSA) is 73.5 Å². The Morgan fingerprint density at radius 3 is 2.77 bits per heavy atom. The molecular weight excluding hydrogens is 328 g/mol. The highest BCUT2D eigenvalue weighted by Crippen LogP contribution is 2.29. The van der Waals surface area contributed by atoms with Crippen molar-refractivity contribution in [2.45, 2.75) is 45.6 Å². The second-order valence-electron chi connectivity index (χ2n) is 7.73. The minimum atomic E-state index is -0.215. The third-order valence-corrected chi connectivity index (χ3v) is 5.03. The molecular formula is C20H30N4O2.